The summed E-state index contributed by atoms with van der Waals surface area (Å²) >= 11 is 0. The summed E-state index contributed by atoms with van der Waals surface area (Å²) in [4.78, 5) is 19.3. The van der Waals surface area contributed by atoms with Crippen molar-refractivity contribution in [3.63, 3.8) is 0 Å². The van der Waals surface area contributed by atoms with Crippen LogP contribution in [0.15, 0.2) is 48.4 Å². The van der Waals surface area contributed by atoms with E-state index in [1.54, 1.807) is 18.3 Å². The first-order valence-electron chi connectivity index (χ1n) is 11.2. The Bertz CT molecular complexity index is 1280. The molecule has 5 rings (SSSR count). The van der Waals surface area contributed by atoms with Crippen molar-refractivity contribution in [2.24, 2.45) is 0 Å². The second kappa shape index (κ2) is 8.66. The van der Waals surface area contributed by atoms with Gasteiger partial charge in [-0.1, -0.05) is 6.07 Å². The number of hydrogen-bond acceptors (Lipinski definition) is 3. The number of benzene rings is 2. The van der Waals surface area contributed by atoms with Gasteiger partial charge in [0.2, 0.25) is 0 Å². The average Bonchev–Trinajstić information content (AvgIpc) is 3.40. The van der Waals surface area contributed by atoms with E-state index in [0.29, 0.717) is 24.2 Å². The number of methoxy groups -OCH3 is 1. The molecule has 3 aromatic rings. The van der Waals surface area contributed by atoms with Crippen molar-refractivity contribution < 1.29 is 22.7 Å². The number of ether oxygens (including phenoxy) is 1. The standard InChI is InChI=1S/C26H24F3N3O2/c1-15-13-31(14-30-15)23-7-6-16(9-24(23)34-2)8-18-10-19-4-3-5-22(32(19)26(18)33)17-11-20(27)25(29)21(28)12-17/h6-9,11-14,19,22H,3-5,10H2,1-2H3/b18-8+/t19-,22-/m1/s1. The van der Waals surface area contributed by atoms with E-state index in [4.69, 9.17) is 4.74 Å². The molecule has 34 heavy (non-hydrogen) atoms. The van der Waals surface area contributed by atoms with Crippen LogP contribution in [0.25, 0.3) is 11.8 Å². The molecule has 0 saturated carbocycles. The van der Waals surface area contributed by atoms with E-state index in [-0.39, 0.29) is 17.5 Å². The number of rotatable bonds is 4. The molecule has 0 bridgehead atoms. The zero-order valence-electron chi connectivity index (χ0n) is 18.9. The third-order valence-corrected chi connectivity index (χ3v) is 6.63. The van der Waals surface area contributed by atoms with Gasteiger partial charge in [-0.25, -0.2) is 18.2 Å². The Morgan fingerprint density at radius 3 is 2.56 bits per heavy atom. The zero-order valence-corrected chi connectivity index (χ0v) is 18.9. The summed E-state index contributed by atoms with van der Waals surface area (Å²) < 4.78 is 48.7. The first-order chi connectivity index (χ1) is 16.4. The smallest absolute Gasteiger partial charge is 0.250 e. The maximum atomic E-state index is 13.9. The van der Waals surface area contributed by atoms with E-state index in [9.17, 15) is 18.0 Å². The summed E-state index contributed by atoms with van der Waals surface area (Å²) in [5.74, 6) is -3.48. The van der Waals surface area contributed by atoms with Crippen molar-refractivity contribution >= 4 is 12.0 Å². The van der Waals surface area contributed by atoms with Crippen molar-refractivity contribution in [2.45, 2.75) is 44.7 Å². The molecule has 0 N–H and O–H groups in total. The van der Waals surface area contributed by atoms with Gasteiger partial charge in [0, 0.05) is 17.8 Å². The van der Waals surface area contributed by atoms with Crippen molar-refractivity contribution in [3.05, 3.63) is 82.7 Å². The molecule has 2 aliphatic rings. The summed E-state index contributed by atoms with van der Waals surface area (Å²) in [5.41, 5.74) is 3.46. The summed E-state index contributed by atoms with van der Waals surface area (Å²) in [6.07, 6.45) is 8.21. The molecule has 2 atom stereocenters. The Morgan fingerprint density at radius 2 is 1.88 bits per heavy atom. The van der Waals surface area contributed by atoms with Crippen molar-refractivity contribution in [3.8, 4) is 11.4 Å². The molecular weight excluding hydrogens is 443 g/mol. The van der Waals surface area contributed by atoms with Crippen molar-refractivity contribution in [1.82, 2.24) is 14.5 Å². The number of fused-ring (bicyclic) bond motifs is 1. The molecule has 2 aliphatic heterocycles. The zero-order chi connectivity index (χ0) is 24.0. The Labute approximate surface area is 195 Å². The molecule has 0 radical (unpaired) electrons. The number of aromatic nitrogens is 2. The molecule has 3 heterocycles. The number of nitrogens with zero attached hydrogens (tertiary/aromatic N) is 3. The lowest BCUT2D eigenvalue weighted by Crippen LogP contribution is -2.40. The summed E-state index contributed by atoms with van der Waals surface area (Å²) in [7, 11) is 1.59. The number of carbonyl (C=O) groups excluding carboxylic acids is 1. The second-order valence-corrected chi connectivity index (χ2v) is 8.84. The minimum atomic E-state index is -1.49. The molecule has 1 aromatic heterocycles. The monoisotopic (exact) mass is 467 g/mol. The van der Waals surface area contributed by atoms with Crippen LogP contribution in [-0.4, -0.2) is 33.5 Å². The van der Waals surface area contributed by atoms with Crippen LogP contribution >= 0.6 is 0 Å². The number of imidazole rings is 1. The van der Waals surface area contributed by atoms with E-state index in [0.717, 1.165) is 41.9 Å². The lowest BCUT2D eigenvalue weighted by Gasteiger charge is -2.37. The third-order valence-electron chi connectivity index (χ3n) is 6.63. The van der Waals surface area contributed by atoms with Gasteiger partial charge < -0.3 is 14.2 Å². The predicted octanol–water partition coefficient (Wildman–Crippen LogP) is 5.52. The molecule has 0 unspecified atom stereocenters. The summed E-state index contributed by atoms with van der Waals surface area (Å²) in [6.45, 7) is 1.91. The van der Waals surface area contributed by atoms with Crippen LogP contribution in [0.2, 0.25) is 0 Å². The molecule has 8 heteroatoms. The highest BCUT2D eigenvalue weighted by atomic mass is 19.2. The number of halogens is 3. The third kappa shape index (κ3) is 3.87. The highest BCUT2D eigenvalue weighted by Crippen LogP contribution is 2.43. The van der Waals surface area contributed by atoms with Crippen LogP contribution in [0.1, 0.15) is 48.5 Å². The summed E-state index contributed by atoms with van der Waals surface area (Å²) in [5, 5.41) is 0. The number of carbonyl (C=O) groups is 1. The van der Waals surface area contributed by atoms with Crippen LogP contribution < -0.4 is 4.74 Å². The molecule has 176 valence electrons. The molecule has 2 aromatic carbocycles. The van der Waals surface area contributed by atoms with Gasteiger partial charge in [-0.05, 0) is 74.1 Å². The first-order valence-corrected chi connectivity index (χ1v) is 11.2. The lowest BCUT2D eigenvalue weighted by atomic mass is 9.91. The quantitative estimate of drug-likeness (QED) is 0.375. The van der Waals surface area contributed by atoms with Gasteiger partial charge >= 0.3 is 0 Å². The summed E-state index contributed by atoms with van der Waals surface area (Å²) in [6, 6.07) is 7.15. The highest BCUT2D eigenvalue weighted by molar-refractivity contribution is 6.00. The highest BCUT2D eigenvalue weighted by Gasteiger charge is 2.42. The van der Waals surface area contributed by atoms with E-state index in [2.05, 4.69) is 4.98 Å². The van der Waals surface area contributed by atoms with Gasteiger partial charge in [-0.2, -0.15) is 0 Å². The molecule has 0 aliphatic carbocycles. The lowest BCUT2D eigenvalue weighted by molar-refractivity contribution is -0.130. The fraction of sp³-hybridized carbons (Fsp3) is 0.308. The van der Waals surface area contributed by atoms with Gasteiger partial charge in [0.25, 0.3) is 5.91 Å². The predicted molar refractivity (Wildman–Crippen MR) is 121 cm³/mol. The van der Waals surface area contributed by atoms with E-state index < -0.39 is 23.5 Å². The number of hydrogen-bond donors (Lipinski definition) is 0. The Balaban J connectivity index is 1.45. The van der Waals surface area contributed by atoms with Crippen molar-refractivity contribution in [1.29, 1.82) is 0 Å². The van der Waals surface area contributed by atoms with Crippen LogP contribution in [0, 0.1) is 24.4 Å². The minimum absolute atomic E-state index is 0.0521. The molecule has 2 fully saturated rings. The maximum absolute atomic E-state index is 13.9. The fourth-order valence-corrected chi connectivity index (χ4v) is 5.06. The van der Waals surface area contributed by atoms with Gasteiger partial charge in [0.1, 0.15) is 5.75 Å². The minimum Gasteiger partial charge on any atom is -0.495 e. The Kier molecular flexibility index (Phi) is 5.67. The number of amides is 1. The molecule has 0 spiro atoms. The SMILES string of the molecule is COc1cc(/C=C2\C[C@H]3CCC[C@H](c4cc(F)c(F)c(F)c4)N3C2=O)ccc1-n1cnc(C)c1. The van der Waals surface area contributed by atoms with E-state index >= 15 is 0 Å². The van der Waals surface area contributed by atoms with Crippen molar-refractivity contribution in [2.75, 3.05) is 7.11 Å². The first kappa shape index (κ1) is 22.3. The number of aryl methyl sites for hydroxylation is 1. The van der Waals surface area contributed by atoms with Gasteiger partial charge in [0.05, 0.1) is 30.9 Å². The Hall–Kier alpha value is -3.55. The normalized spacial score (nSPS) is 21.3. The van der Waals surface area contributed by atoms with Gasteiger partial charge in [0.15, 0.2) is 17.5 Å². The number of piperidine rings is 1. The molecule has 5 nitrogen and oxygen atoms in total. The molecule has 2 saturated heterocycles. The largest absolute Gasteiger partial charge is 0.495 e. The van der Waals surface area contributed by atoms with Crippen LogP contribution in [-0.2, 0) is 4.79 Å². The fourth-order valence-electron chi connectivity index (χ4n) is 5.06. The van der Waals surface area contributed by atoms with Crippen LogP contribution in [0.3, 0.4) is 0 Å². The van der Waals surface area contributed by atoms with Gasteiger partial charge in [-0.3, -0.25) is 4.79 Å². The Morgan fingerprint density at radius 1 is 1.12 bits per heavy atom. The molecule has 1 amide bonds. The second-order valence-electron chi connectivity index (χ2n) is 8.84. The van der Waals surface area contributed by atoms with E-state index in [1.165, 1.54) is 0 Å². The van der Waals surface area contributed by atoms with E-state index in [1.807, 2.05) is 42.0 Å². The van der Waals surface area contributed by atoms with Gasteiger partial charge in [-0.15, -0.1) is 0 Å². The average molecular weight is 467 g/mol. The van der Waals surface area contributed by atoms with Crippen LogP contribution in [0.4, 0.5) is 13.2 Å². The molecular formula is C26H24F3N3O2. The van der Waals surface area contributed by atoms with Crippen LogP contribution in [0.5, 0.6) is 5.75 Å². The maximum Gasteiger partial charge on any atom is 0.250 e. The topological polar surface area (TPSA) is 47.4 Å².